The molecule has 0 bridgehead atoms. The van der Waals surface area contributed by atoms with Crippen molar-refractivity contribution in [3.05, 3.63) is 140 Å². The molecule has 0 unspecified atom stereocenters. The molecule has 0 aliphatic carbocycles. The molecule has 0 saturated carbocycles. The highest BCUT2D eigenvalue weighted by Gasteiger charge is 2.25. The topological polar surface area (TPSA) is 43.9 Å². The molecular formula is C44H23N3OS2. The van der Waals surface area contributed by atoms with Gasteiger partial charge in [0, 0.05) is 62.8 Å². The maximum atomic E-state index is 6.20. The number of nitrogens with zero attached hydrogens (tertiary/aromatic N) is 3. The Balaban J connectivity index is 1.29. The Morgan fingerprint density at radius 3 is 1.98 bits per heavy atom. The van der Waals surface area contributed by atoms with Crippen LogP contribution in [0.5, 0.6) is 0 Å². The lowest BCUT2D eigenvalue weighted by atomic mass is 10.00. The van der Waals surface area contributed by atoms with E-state index in [1.807, 2.05) is 23.5 Å². The molecule has 6 heteroatoms. The van der Waals surface area contributed by atoms with E-state index in [9.17, 15) is 0 Å². The normalized spacial score (nSPS) is 12.4. The van der Waals surface area contributed by atoms with Crippen LogP contribution in [-0.2, 0) is 0 Å². The number of rotatable bonds is 2. The first-order chi connectivity index (χ1) is 24.8. The third kappa shape index (κ3) is 3.49. The molecule has 5 heterocycles. The maximum absolute atomic E-state index is 6.20. The summed E-state index contributed by atoms with van der Waals surface area (Å²) >= 11 is 3.65. The molecule has 12 aromatic rings. The first kappa shape index (κ1) is 26.8. The summed E-state index contributed by atoms with van der Waals surface area (Å²) in [5.41, 5.74) is 6.00. The quantitative estimate of drug-likeness (QED) is 0.183. The minimum atomic E-state index is 0.696. The second-order valence-electron chi connectivity index (χ2n) is 12.9. The molecule has 7 aromatic carbocycles. The number of fused-ring (bicyclic) bond motifs is 16. The molecule has 50 heavy (non-hydrogen) atoms. The van der Waals surface area contributed by atoms with Crippen LogP contribution in [0.15, 0.2) is 144 Å². The van der Waals surface area contributed by atoms with Crippen molar-refractivity contribution in [1.82, 2.24) is 14.5 Å². The SMILES string of the molecule is c1ccc2c(c1)oc1ccc(-c3nc(-n4c5ccccc5c5c6ccccc6c6sc7ccccc7c6c54)c4sc5ccccc5c4n3)cc12. The smallest absolute Gasteiger partial charge is 0.162 e. The summed E-state index contributed by atoms with van der Waals surface area (Å²) in [4.78, 5) is 10.9. The van der Waals surface area contributed by atoms with Gasteiger partial charge in [-0.05, 0) is 47.9 Å². The summed E-state index contributed by atoms with van der Waals surface area (Å²) in [5, 5.41) is 10.9. The van der Waals surface area contributed by atoms with Gasteiger partial charge in [0.15, 0.2) is 11.6 Å². The summed E-state index contributed by atoms with van der Waals surface area (Å²) in [7, 11) is 0. The van der Waals surface area contributed by atoms with Crippen molar-refractivity contribution in [2.24, 2.45) is 0 Å². The molecule has 0 aliphatic rings. The third-order valence-corrected chi connectivity index (χ3v) is 12.6. The maximum Gasteiger partial charge on any atom is 0.162 e. The van der Waals surface area contributed by atoms with Crippen molar-refractivity contribution in [3.63, 3.8) is 0 Å². The van der Waals surface area contributed by atoms with Crippen molar-refractivity contribution in [2.75, 3.05) is 0 Å². The second-order valence-corrected chi connectivity index (χ2v) is 15.0. The van der Waals surface area contributed by atoms with Crippen LogP contribution in [0, 0.1) is 0 Å². The zero-order valence-corrected chi connectivity index (χ0v) is 28.0. The fraction of sp³-hybridized carbons (Fsp3) is 0. The highest BCUT2D eigenvalue weighted by molar-refractivity contribution is 7.27. The van der Waals surface area contributed by atoms with Gasteiger partial charge in [0.25, 0.3) is 0 Å². The molecule has 232 valence electrons. The minimum absolute atomic E-state index is 0.696. The summed E-state index contributed by atoms with van der Waals surface area (Å²) in [6.07, 6.45) is 0. The number of aromatic nitrogens is 3. The van der Waals surface area contributed by atoms with E-state index in [1.54, 1.807) is 11.3 Å². The molecule has 0 fully saturated rings. The van der Waals surface area contributed by atoms with Gasteiger partial charge in [-0.1, -0.05) is 97.1 Å². The molecule has 5 aromatic heterocycles. The van der Waals surface area contributed by atoms with E-state index in [1.165, 1.54) is 51.9 Å². The third-order valence-electron chi connectivity index (χ3n) is 10.2. The summed E-state index contributed by atoms with van der Waals surface area (Å²) < 4.78 is 13.5. The Hall–Kier alpha value is -6.08. The van der Waals surface area contributed by atoms with Gasteiger partial charge >= 0.3 is 0 Å². The molecule has 0 N–H and O–H groups in total. The zero-order valence-electron chi connectivity index (χ0n) is 26.3. The van der Waals surface area contributed by atoms with Crippen LogP contribution in [0.3, 0.4) is 0 Å². The number of hydrogen-bond donors (Lipinski definition) is 0. The van der Waals surface area contributed by atoms with Crippen LogP contribution in [0.25, 0.3) is 112 Å². The monoisotopic (exact) mass is 673 g/mol. The van der Waals surface area contributed by atoms with Gasteiger partial charge in [-0.3, -0.25) is 4.57 Å². The highest BCUT2D eigenvalue weighted by atomic mass is 32.1. The highest BCUT2D eigenvalue weighted by Crippen LogP contribution is 2.49. The van der Waals surface area contributed by atoms with E-state index in [-0.39, 0.29) is 0 Å². The Kier molecular flexibility index (Phi) is 5.23. The first-order valence-corrected chi connectivity index (χ1v) is 18.3. The molecule has 0 spiro atoms. The van der Waals surface area contributed by atoms with E-state index in [0.717, 1.165) is 54.4 Å². The van der Waals surface area contributed by atoms with Crippen LogP contribution in [0.4, 0.5) is 0 Å². The van der Waals surface area contributed by atoms with Gasteiger partial charge in [-0.25, -0.2) is 9.97 Å². The van der Waals surface area contributed by atoms with Gasteiger partial charge in [-0.15, -0.1) is 22.7 Å². The van der Waals surface area contributed by atoms with Crippen LogP contribution in [0.1, 0.15) is 0 Å². The lowest BCUT2D eigenvalue weighted by Crippen LogP contribution is -2.01. The molecule has 0 amide bonds. The van der Waals surface area contributed by atoms with E-state index in [0.29, 0.717) is 5.82 Å². The summed E-state index contributed by atoms with van der Waals surface area (Å²) in [5.74, 6) is 1.60. The number of hydrogen-bond acceptors (Lipinski definition) is 5. The van der Waals surface area contributed by atoms with Crippen molar-refractivity contribution >= 4 is 118 Å². The Morgan fingerprint density at radius 1 is 0.480 bits per heavy atom. The molecule has 0 radical (unpaired) electrons. The predicted octanol–water partition coefficient (Wildman–Crippen LogP) is 13.0. The fourth-order valence-corrected chi connectivity index (χ4v) is 10.4. The minimum Gasteiger partial charge on any atom is -0.456 e. The lowest BCUT2D eigenvalue weighted by molar-refractivity contribution is 0.669. The van der Waals surface area contributed by atoms with Gasteiger partial charge < -0.3 is 4.42 Å². The van der Waals surface area contributed by atoms with Crippen LogP contribution >= 0.6 is 22.7 Å². The average Bonchev–Trinajstić information content (AvgIpc) is 3.93. The van der Waals surface area contributed by atoms with E-state index in [4.69, 9.17) is 14.4 Å². The van der Waals surface area contributed by atoms with E-state index < -0.39 is 0 Å². The van der Waals surface area contributed by atoms with Crippen molar-refractivity contribution in [1.29, 1.82) is 0 Å². The molecule has 0 saturated heterocycles. The van der Waals surface area contributed by atoms with Gasteiger partial charge in [0.1, 0.15) is 11.2 Å². The molecule has 0 aliphatic heterocycles. The Bertz CT molecular complexity index is 3400. The fourth-order valence-electron chi connectivity index (χ4n) is 8.06. The van der Waals surface area contributed by atoms with Crippen molar-refractivity contribution in [2.45, 2.75) is 0 Å². The summed E-state index contributed by atoms with van der Waals surface area (Å²) in [6.45, 7) is 0. The average molecular weight is 674 g/mol. The Labute approximate surface area is 292 Å². The predicted molar refractivity (Wildman–Crippen MR) is 212 cm³/mol. The Morgan fingerprint density at radius 2 is 1.12 bits per heavy atom. The number of thiophene rings is 2. The van der Waals surface area contributed by atoms with Crippen LogP contribution in [0.2, 0.25) is 0 Å². The number of para-hydroxylation sites is 2. The van der Waals surface area contributed by atoms with Gasteiger partial charge in [-0.2, -0.15) is 0 Å². The summed E-state index contributed by atoms with van der Waals surface area (Å²) in [6, 6.07) is 49.6. The van der Waals surface area contributed by atoms with E-state index in [2.05, 4.69) is 132 Å². The largest absolute Gasteiger partial charge is 0.456 e. The number of benzene rings is 7. The van der Waals surface area contributed by atoms with Gasteiger partial charge in [0.2, 0.25) is 0 Å². The standard InChI is InChI=1S/C44H23N3OS2/c1-2-13-27-26(12-1)37-28-14-3-7-17-32(28)47(40(37)38-29-15-5-9-19-35(29)49-41(27)38)44-42-39(30-16-6-10-20-36(30)50-42)45-43(46-44)24-21-22-34-31(23-24)25-11-4-8-18-33(25)48-34/h1-23H. The van der Waals surface area contributed by atoms with Crippen LogP contribution < -0.4 is 0 Å². The van der Waals surface area contributed by atoms with Crippen molar-refractivity contribution in [3.8, 4) is 17.2 Å². The number of furan rings is 1. The van der Waals surface area contributed by atoms with Crippen molar-refractivity contribution < 1.29 is 4.42 Å². The van der Waals surface area contributed by atoms with E-state index >= 15 is 0 Å². The van der Waals surface area contributed by atoms with Crippen LogP contribution in [-0.4, -0.2) is 14.5 Å². The first-order valence-electron chi connectivity index (χ1n) is 16.7. The molecular weight excluding hydrogens is 651 g/mol. The second kappa shape index (κ2) is 9.76. The molecule has 0 atom stereocenters. The lowest BCUT2D eigenvalue weighted by Gasteiger charge is -2.12. The molecule has 12 rings (SSSR count). The molecule has 4 nitrogen and oxygen atoms in total. The van der Waals surface area contributed by atoms with Gasteiger partial charge in [0.05, 0.1) is 21.3 Å². The zero-order chi connectivity index (χ0) is 32.5.